The number of piperazine rings is 1. The molecule has 1 N–H and O–H groups in total. The van der Waals surface area contributed by atoms with Crippen molar-refractivity contribution in [3.8, 4) is 0 Å². The molecule has 0 radical (unpaired) electrons. The van der Waals surface area contributed by atoms with E-state index in [9.17, 15) is 10.1 Å². The number of nitro benzene ring substituents is 1. The number of nitrogens with one attached hydrogen (secondary N) is 1. The summed E-state index contributed by atoms with van der Waals surface area (Å²) in [6.45, 7) is 10.1. The molecule has 1 aromatic heterocycles. The minimum Gasteiger partial charge on any atom is -0.363 e. The molecule has 0 amide bonds. The van der Waals surface area contributed by atoms with Gasteiger partial charge in [0.05, 0.1) is 10.6 Å². The molecule has 2 aromatic rings. The monoisotopic (exact) mass is 371 g/mol. The molecule has 146 valence electrons. The summed E-state index contributed by atoms with van der Waals surface area (Å²) in [7, 11) is 0. The minimum atomic E-state index is -0.302. The van der Waals surface area contributed by atoms with Gasteiger partial charge in [-0.1, -0.05) is 32.0 Å². The molecule has 0 bridgehead atoms. The highest BCUT2D eigenvalue weighted by atomic mass is 16.6. The largest absolute Gasteiger partial charge is 0.363 e. The number of nitrogens with zero attached hydrogens (tertiary/aromatic N) is 4. The number of hydrogen-bond donors (Lipinski definition) is 1. The summed E-state index contributed by atoms with van der Waals surface area (Å²) in [6.07, 6.45) is 1.80. The lowest BCUT2D eigenvalue weighted by Gasteiger charge is -2.35. The number of nitro groups is 1. The van der Waals surface area contributed by atoms with Crippen LogP contribution in [0.3, 0.4) is 0 Å². The van der Waals surface area contributed by atoms with Crippen LogP contribution in [-0.4, -0.2) is 54.1 Å². The summed E-state index contributed by atoms with van der Waals surface area (Å²) >= 11 is 0. The first-order valence-corrected chi connectivity index (χ1v) is 9.55. The first-order chi connectivity index (χ1) is 13.2. The van der Waals surface area contributed by atoms with Crippen LogP contribution in [0.2, 0.25) is 0 Å². The zero-order chi connectivity index (χ0) is 19.5. The van der Waals surface area contributed by atoms with E-state index in [4.69, 9.17) is 0 Å². The molecule has 27 heavy (non-hydrogen) atoms. The van der Waals surface area contributed by atoms with Crippen LogP contribution < -0.4 is 10.2 Å². The molecule has 0 atom stereocenters. The highest BCUT2D eigenvalue weighted by Gasteiger charge is 2.22. The Morgan fingerprint density at radius 2 is 1.78 bits per heavy atom. The molecule has 1 fully saturated rings. The van der Waals surface area contributed by atoms with Gasteiger partial charge in [0.15, 0.2) is 0 Å². The Kier molecular flexibility index (Phi) is 8.67. The average Bonchev–Trinajstić information content (AvgIpc) is 2.74. The summed E-state index contributed by atoms with van der Waals surface area (Å²) in [4.78, 5) is 19.7. The number of anilines is 1. The Bertz CT molecular complexity index is 688. The van der Waals surface area contributed by atoms with Crippen molar-refractivity contribution in [3.05, 3.63) is 64.5 Å². The van der Waals surface area contributed by atoms with Gasteiger partial charge in [0.2, 0.25) is 0 Å². The number of pyridine rings is 1. The fourth-order valence-electron chi connectivity index (χ4n) is 3.05. The van der Waals surface area contributed by atoms with Crippen molar-refractivity contribution in [2.45, 2.75) is 20.4 Å². The van der Waals surface area contributed by atoms with Gasteiger partial charge in [0.1, 0.15) is 5.69 Å². The number of aromatic nitrogens is 1. The number of para-hydroxylation sites is 2. The molecule has 1 aromatic carbocycles. The van der Waals surface area contributed by atoms with E-state index < -0.39 is 0 Å². The third-order valence-electron chi connectivity index (χ3n) is 4.43. The zero-order valence-electron chi connectivity index (χ0n) is 16.2. The Labute approximate surface area is 161 Å². The Morgan fingerprint density at radius 1 is 1.07 bits per heavy atom. The van der Waals surface area contributed by atoms with Crippen LogP contribution in [0.1, 0.15) is 19.5 Å². The Hall–Kier alpha value is -2.51. The lowest BCUT2D eigenvalue weighted by atomic mass is 10.2. The van der Waals surface area contributed by atoms with E-state index in [1.54, 1.807) is 18.3 Å². The number of rotatable bonds is 7. The molecule has 0 spiro atoms. The van der Waals surface area contributed by atoms with E-state index >= 15 is 0 Å². The summed E-state index contributed by atoms with van der Waals surface area (Å²) in [5.41, 5.74) is 1.96. The molecular weight excluding hydrogens is 342 g/mol. The SMILES string of the molecule is CC.O=[N+]([O-])c1ccccc1N1CCN(CCNCc2ccccn2)CC1. The van der Waals surface area contributed by atoms with Gasteiger partial charge in [-0.25, -0.2) is 0 Å². The van der Waals surface area contributed by atoms with Gasteiger partial charge >= 0.3 is 0 Å². The number of hydrogen-bond acceptors (Lipinski definition) is 6. The van der Waals surface area contributed by atoms with Crippen molar-refractivity contribution in [2.75, 3.05) is 44.2 Å². The smallest absolute Gasteiger partial charge is 0.292 e. The fraction of sp³-hybridized carbons (Fsp3) is 0.450. The van der Waals surface area contributed by atoms with Gasteiger partial charge in [-0.15, -0.1) is 0 Å². The summed E-state index contributed by atoms with van der Waals surface area (Å²) in [5, 5.41) is 14.6. The molecule has 0 saturated carbocycles. The standard InChI is InChI=1S/C18H23N5O2.C2H6/c24-23(25)18-7-2-1-6-17(18)22-13-11-21(12-14-22)10-9-19-15-16-5-3-4-8-20-16;1-2/h1-8,19H,9-15H2;1-2H3. The van der Waals surface area contributed by atoms with E-state index in [0.717, 1.165) is 57.2 Å². The fourth-order valence-corrected chi connectivity index (χ4v) is 3.05. The molecule has 7 heteroatoms. The van der Waals surface area contributed by atoms with E-state index in [-0.39, 0.29) is 10.6 Å². The van der Waals surface area contributed by atoms with E-state index in [2.05, 4.69) is 20.1 Å². The van der Waals surface area contributed by atoms with Crippen molar-refractivity contribution >= 4 is 11.4 Å². The second kappa shape index (κ2) is 11.3. The van der Waals surface area contributed by atoms with E-state index in [0.29, 0.717) is 0 Å². The summed E-state index contributed by atoms with van der Waals surface area (Å²) in [6, 6.07) is 12.9. The summed E-state index contributed by atoms with van der Waals surface area (Å²) < 4.78 is 0. The highest BCUT2D eigenvalue weighted by molar-refractivity contribution is 5.63. The van der Waals surface area contributed by atoms with Crippen LogP contribution in [0.4, 0.5) is 11.4 Å². The van der Waals surface area contributed by atoms with Crippen LogP contribution in [-0.2, 0) is 6.54 Å². The maximum atomic E-state index is 11.2. The molecule has 7 nitrogen and oxygen atoms in total. The topological polar surface area (TPSA) is 74.5 Å². The molecular formula is C20H29N5O2. The van der Waals surface area contributed by atoms with Crippen molar-refractivity contribution in [3.63, 3.8) is 0 Å². The van der Waals surface area contributed by atoms with E-state index in [1.165, 1.54) is 0 Å². The van der Waals surface area contributed by atoms with Gasteiger partial charge in [-0.2, -0.15) is 0 Å². The minimum absolute atomic E-state index is 0.188. The molecule has 0 unspecified atom stereocenters. The van der Waals surface area contributed by atoms with E-state index in [1.807, 2.05) is 44.2 Å². The second-order valence-corrected chi connectivity index (χ2v) is 6.07. The lowest BCUT2D eigenvalue weighted by molar-refractivity contribution is -0.384. The number of benzene rings is 1. The molecule has 1 aliphatic heterocycles. The van der Waals surface area contributed by atoms with Crippen molar-refractivity contribution in [1.82, 2.24) is 15.2 Å². The lowest BCUT2D eigenvalue weighted by Crippen LogP contribution is -2.48. The van der Waals surface area contributed by atoms with Gasteiger partial charge in [-0.05, 0) is 18.2 Å². The zero-order valence-corrected chi connectivity index (χ0v) is 16.2. The average molecular weight is 371 g/mol. The third-order valence-corrected chi connectivity index (χ3v) is 4.43. The second-order valence-electron chi connectivity index (χ2n) is 6.07. The molecule has 2 heterocycles. The molecule has 1 aliphatic rings. The van der Waals surface area contributed by atoms with Crippen LogP contribution in [0.5, 0.6) is 0 Å². The van der Waals surface area contributed by atoms with Crippen LogP contribution in [0.15, 0.2) is 48.7 Å². The molecule has 0 aliphatic carbocycles. The first-order valence-electron chi connectivity index (χ1n) is 9.55. The van der Waals surface area contributed by atoms with Gasteiger partial charge in [-0.3, -0.25) is 20.0 Å². The first kappa shape index (κ1) is 20.8. The Morgan fingerprint density at radius 3 is 2.44 bits per heavy atom. The summed E-state index contributed by atoms with van der Waals surface area (Å²) in [5.74, 6) is 0. The van der Waals surface area contributed by atoms with Crippen LogP contribution >= 0.6 is 0 Å². The van der Waals surface area contributed by atoms with Gasteiger partial charge in [0.25, 0.3) is 5.69 Å². The van der Waals surface area contributed by atoms with Gasteiger partial charge in [0, 0.05) is 58.1 Å². The van der Waals surface area contributed by atoms with Crippen molar-refractivity contribution in [1.29, 1.82) is 0 Å². The molecule has 3 rings (SSSR count). The maximum Gasteiger partial charge on any atom is 0.292 e. The van der Waals surface area contributed by atoms with Gasteiger partial charge < -0.3 is 10.2 Å². The quantitative estimate of drug-likeness (QED) is 0.458. The maximum absolute atomic E-state index is 11.2. The molecule has 1 saturated heterocycles. The van der Waals surface area contributed by atoms with Crippen LogP contribution in [0, 0.1) is 10.1 Å². The van der Waals surface area contributed by atoms with Crippen LogP contribution in [0.25, 0.3) is 0 Å². The van der Waals surface area contributed by atoms with Crippen molar-refractivity contribution < 1.29 is 4.92 Å². The predicted molar refractivity (Wildman–Crippen MR) is 109 cm³/mol. The predicted octanol–water partition coefficient (Wildman–Crippen LogP) is 2.93. The third kappa shape index (κ3) is 6.30. The normalized spacial score (nSPS) is 14.4. The Balaban J connectivity index is 0.00000126. The van der Waals surface area contributed by atoms with Crippen molar-refractivity contribution in [2.24, 2.45) is 0 Å². The highest BCUT2D eigenvalue weighted by Crippen LogP contribution is 2.28.